The van der Waals surface area contributed by atoms with Crippen LogP contribution in [-0.2, 0) is 13.0 Å². The molecule has 102 valence electrons. The Morgan fingerprint density at radius 3 is 2.58 bits per heavy atom. The number of halogens is 1. The van der Waals surface area contributed by atoms with E-state index < -0.39 is 6.10 Å². The highest BCUT2D eigenvalue weighted by molar-refractivity contribution is 5.25. The van der Waals surface area contributed by atoms with Crippen molar-refractivity contribution in [2.24, 2.45) is 0 Å². The molecule has 19 heavy (non-hydrogen) atoms. The van der Waals surface area contributed by atoms with Gasteiger partial charge in [-0.05, 0) is 31.9 Å². The van der Waals surface area contributed by atoms with Crippen molar-refractivity contribution in [1.82, 2.24) is 9.78 Å². The minimum atomic E-state index is -0.885. The van der Waals surface area contributed by atoms with E-state index >= 15 is 0 Å². The van der Waals surface area contributed by atoms with Crippen LogP contribution in [0, 0.1) is 19.7 Å². The second-order valence-corrected chi connectivity index (χ2v) is 4.72. The topological polar surface area (TPSA) is 38.0 Å². The average Bonchev–Trinajstić information content (AvgIpc) is 2.64. The van der Waals surface area contributed by atoms with Crippen molar-refractivity contribution in [3.63, 3.8) is 0 Å². The molecule has 0 fully saturated rings. The summed E-state index contributed by atoms with van der Waals surface area (Å²) in [5.41, 5.74) is 3.52. The van der Waals surface area contributed by atoms with E-state index in [0.29, 0.717) is 5.56 Å². The predicted octanol–water partition coefficient (Wildman–Crippen LogP) is 2.94. The molecular weight excluding hydrogens is 243 g/mol. The van der Waals surface area contributed by atoms with Crippen LogP contribution in [0.15, 0.2) is 24.3 Å². The first-order valence-electron chi connectivity index (χ1n) is 6.50. The summed E-state index contributed by atoms with van der Waals surface area (Å²) in [6, 6.07) is 6.30. The molecule has 0 aliphatic rings. The molecule has 4 heteroatoms. The first kappa shape index (κ1) is 13.7. The number of aromatic nitrogens is 2. The van der Waals surface area contributed by atoms with Crippen molar-refractivity contribution in [3.8, 4) is 0 Å². The Morgan fingerprint density at radius 1 is 1.32 bits per heavy atom. The number of rotatable bonds is 4. The summed E-state index contributed by atoms with van der Waals surface area (Å²) in [4.78, 5) is 0. The third-order valence-electron chi connectivity index (χ3n) is 3.50. The van der Waals surface area contributed by atoms with Crippen LogP contribution < -0.4 is 0 Å². The van der Waals surface area contributed by atoms with E-state index in [1.165, 1.54) is 11.6 Å². The van der Waals surface area contributed by atoms with Gasteiger partial charge in [-0.1, -0.05) is 25.1 Å². The molecule has 0 radical (unpaired) electrons. The molecule has 0 spiro atoms. The maximum atomic E-state index is 13.6. The molecule has 2 aromatic rings. The van der Waals surface area contributed by atoms with Gasteiger partial charge in [0.25, 0.3) is 0 Å². The fourth-order valence-corrected chi connectivity index (χ4v) is 2.43. The van der Waals surface area contributed by atoms with E-state index in [4.69, 9.17) is 0 Å². The zero-order valence-electron chi connectivity index (χ0n) is 11.5. The van der Waals surface area contributed by atoms with Crippen LogP contribution in [-0.4, -0.2) is 14.9 Å². The lowest BCUT2D eigenvalue weighted by Gasteiger charge is -2.13. The van der Waals surface area contributed by atoms with Gasteiger partial charge >= 0.3 is 0 Å². The average molecular weight is 262 g/mol. The van der Waals surface area contributed by atoms with Gasteiger partial charge in [0.05, 0.1) is 12.2 Å². The van der Waals surface area contributed by atoms with Crippen LogP contribution >= 0.6 is 0 Å². The lowest BCUT2D eigenvalue weighted by atomic mass is 10.1. The zero-order valence-corrected chi connectivity index (χ0v) is 11.5. The first-order valence-corrected chi connectivity index (χ1v) is 6.50. The highest BCUT2D eigenvalue weighted by Crippen LogP contribution is 2.21. The van der Waals surface area contributed by atoms with Crippen molar-refractivity contribution >= 4 is 0 Å². The predicted molar refractivity (Wildman–Crippen MR) is 72.4 cm³/mol. The molecule has 1 aromatic carbocycles. The highest BCUT2D eigenvalue weighted by Gasteiger charge is 2.16. The molecule has 2 rings (SSSR count). The second kappa shape index (κ2) is 5.53. The minimum Gasteiger partial charge on any atom is -0.386 e. The summed E-state index contributed by atoms with van der Waals surface area (Å²) in [7, 11) is 0. The molecule has 0 aliphatic carbocycles. The van der Waals surface area contributed by atoms with E-state index in [-0.39, 0.29) is 12.4 Å². The third kappa shape index (κ3) is 2.68. The Labute approximate surface area is 112 Å². The Hall–Kier alpha value is -1.68. The van der Waals surface area contributed by atoms with E-state index in [9.17, 15) is 9.50 Å². The van der Waals surface area contributed by atoms with Gasteiger partial charge in [-0.15, -0.1) is 0 Å². The summed E-state index contributed by atoms with van der Waals surface area (Å²) >= 11 is 0. The van der Waals surface area contributed by atoms with Gasteiger partial charge in [-0.25, -0.2) is 4.39 Å². The number of hydrogen-bond donors (Lipinski definition) is 1. The Kier molecular flexibility index (Phi) is 4.00. The van der Waals surface area contributed by atoms with Gasteiger partial charge in [-0.3, -0.25) is 4.68 Å². The quantitative estimate of drug-likeness (QED) is 0.920. The van der Waals surface area contributed by atoms with Crippen LogP contribution in [0.2, 0.25) is 0 Å². The number of aliphatic hydroxyl groups excluding tert-OH is 1. The Morgan fingerprint density at radius 2 is 2.00 bits per heavy atom. The third-order valence-corrected chi connectivity index (χ3v) is 3.50. The molecule has 0 bridgehead atoms. The lowest BCUT2D eigenvalue weighted by molar-refractivity contribution is 0.146. The van der Waals surface area contributed by atoms with Gasteiger partial charge in [0, 0.05) is 11.3 Å². The molecule has 1 heterocycles. The van der Waals surface area contributed by atoms with E-state index in [1.54, 1.807) is 22.9 Å². The monoisotopic (exact) mass is 262 g/mol. The van der Waals surface area contributed by atoms with Crippen molar-refractivity contribution in [3.05, 3.63) is 52.6 Å². The number of benzene rings is 1. The SMILES string of the molecule is CCc1c(C)nn(CC(O)c2ccccc2F)c1C. The molecule has 3 nitrogen and oxygen atoms in total. The van der Waals surface area contributed by atoms with Crippen molar-refractivity contribution in [2.75, 3.05) is 0 Å². The summed E-state index contributed by atoms with van der Waals surface area (Å²) in [6.07, 6.45) is 0.0249. The van der Waals surface area contributed by atoms with Crippen LogP contribution in [0.5, 0.6) is 0 Å². The first-order chi connectivity index (χ1) is 9.04. The molecule has 1 unspecified atom stereocenters. The zero-order chi connectivity index (χ0) is 14.0. The molecule has 1 atom stereocenters. The van der Waals surface area contributed by atoms with Gasteiger partial charge in [0.1, 0.15) is 11.9 Å². The Balaban J connectivity index is 2.25. The summed E-state index contributed by atoms with van der Waals surface area (Å²) in [5, 5.41) is 14.6. The summed E-state index contributed by atoms with van der Waals surface area (Å²) < 4.78 is 15.4. The smallest absolute Gasteiger partial charge is 0.129 e. The normalized spacial score (nSPS) is 12.7. The number of nitrogens with zero attached hydrogens (tertiary/aromatic N) is 2. The maximum absolute atomic E-state index is 13.6. The summed E-state index contributed by atoms with van der Waals surface area (Å²) in [6.45, 7) is 6.28. The van der Waals surface area contributed by atoms with Crippen LogP contribution in [0.1, 0.15) is 35.5 Å². The number of hydrogen-bond acceptors (Lipinski definition) is 2. The van der Waals surface area contributed by atoms with Gasteiger partial charge in [0.15, 0.2) is 0 Å². The Bertz CT molecular complexity index is 578. The molecule has 1 aromatic heterocycles. The fraction of sp³-hybridized carbons (Fsp3) is 0.400. The van der Waals surface area contributed by atoms with Crippen molar-refractivity contribution in [1.29, 1.82) is 0 Å². The summed E-state index contributed by atoms with van der Waals surface area (Å²) in [5.74, 6) is -0.382. The van der Waals surface area contributed by atoms with Crippen LogP contribution in [0.4, 0.5) is 4.39 Å². The van der Waals surface area contributed by atoms with Crippen molar-refractivity contribution in [2.45, 2.75) is 39.8 Å². The van der Waals surface area contributed by atoms with E-state index in [2.05, 4.69) is 12.0 Å². The van der Waals surface area contributed by atoms with Gasteiger partial charge in [0.2, 0.25) is 0 Å². The molecule has 1 N–H and O–H groups in total. The fourth-order valence-electron chi connectivity index (χ4n) is 2.43. The van der Waals surface area contributed by atoms with Crippen LogP contribution in [0.25, 0.3) is 0 Å². The minimum absolute atomic E-state index is 0.271. The molecule has 0 saturated carbocycles. The molecule has 0 aliphatic heterocycles. The van der Waals surface area contributed by atoms with E-state index in [1.807, 2.05) is 13.8 Å². The molecule has 0 saturated heterocycles. The van der Waals surface area contributed by atoms with Gasteiger partial charge in [-0.2, -0.15) is 5.10 Å². The maximum Gasteiger partial charge on any atom is 0.129 e. The highest BCUT2D eigenvalue weighted by atomic mass is 19.1. The second-order valence-electron chi connectivity index (χ2n) is 4.72. The van der Waals surface area contributed by atoms with Gasteiger partial charge < -0.3 is 5.11 Å². The molecular formula is C15H19FN2O. The standard InChI is InChI=1S/C15H19FN2O/c1-4-12-10(2)17-18(11(12)3)9-15(19)13-7-5-6-8-14(13)16/h5-8,15,19H,4,9H2,1-3H3. The molecule has 0 amide bonds. The van der Waals surface area contributed by atoms with Crippen LogP contribution in [0.3, 0.4) is 0 Å². The number of aryl methyl sites for hydroxylation is 1. The van der Waals surface area contributed by atoms with E-state index in [0.717, 1.165) is 17.8 Å². The largest absolute Gasteiger partial charge is 0.386 e. The lowest BCUT2D eigenvalue weighted by Crippen LogP contribution is -2.12. The van der Waals surface area contributed by atoms with Crippen molar-refractivity contribution < 1.29 is 9.50 Å². The number of aliphatic hydroxyl groups is 1.